The molecule has 0 amide bonds. The van der Waals surface area contributed by atoms with E-state index in [1.807, 2.05) is 0 Å². The van der Waals surface area contributed by atoms with Gasteiger partial charge in [0.1, 0.15) is 0 Å². The highest BCUT2D eigenvalue weighted by Gasteiger charge is 2.49. The molecule has 0 aromatic heterocycles. The Balaban J connectivity index is 2.20. The summed E-state index contributed by atoms with van der Waals surface area (Å²) in [5.41, 5.74) is 0.129. The molecule has 0 aromatic carbocycles. The van der Waals surface area contributed by atoms with Crippen LogP contribution in [0, 0.1) is 17.8 Å². The zero-order valence-corrected chi connectivity index (χ0v) is 10.5. The molecule has 86 valence electrons. The van der Waals surface area contributed by atoms with E-state index in [-0.39, 0.29) is 5.60 Å². The largest absolute Gasteiger partial charge is 0.367 e. The highest BCUT2D eigenvalue weighted by atomic mass is 16.5. The van der Waals surface area contributed by atoms with Gasteiger partial charge in [-0.25, -0.2) is 0 Å². The average molecular weight is 208 g/mol. The van der Waals surface area contributed by atoms with Crippen molar-refractivity contribution in [3.05, 3.63) is 12.2 Å². The number of hydrogen-bond acceptors (Lipinski definition) is 1. The number of rotatable bonds is 2. The molecule has 1 fully saturated rings. The van der Waals surface area contributed by atoms with Crippen LogP contribution in [0.2, 0.25) is 0 Å². The van der Waals surface area contributed by atoms with Gasteiger partial charge in [0.25, 0.3) is 0 Å². The fourth-order valence-corrected chi connectivity index (χ4v) is 3.34. The predicted molar refractivity (Wildman–Crippen MR) is 63.8 cm³/mol. The van der Waals surface area contributed by atoms with Crippen molar-refractivity contribution in [1.29, 1.82) is 0 Å². The topological polar surface area (TPSA) is 9.23 Å². The first kappa shape index (κ1) is 11.2. The highest BCUT2D eigenvalue weighted by Crippen LogP contribution is 2.47. The second kappa shape index (κ2) is 3.93. The number of hydrogen-bond donors (Lipinski definition) is 0. The fourth-order valence-electron chi connectivity index (χ4n) is 3.34. The van der Waals surface area contributed by atoms with Crippen LogP contribution in [0.3, 0.4) is 0 Å². The molecule has 0 aromatic rings. The minimum atomic E-state index is 0.129. The number of allylic oxidation sites excluding steroid dienone is 1. The normalized spacial score (nSPS) is 33.7. The van der Waals surface area contributed by atoms with E-state index in [2.05, 4.69) is 39.8 Å². The SMILES string of the molecule is CC(C)C1(C(C)C)CC2CCC=CC2O1. The van der Waals surface area contributed by atoms with Gasteiger partial charge in [-0.3, -0.25) is 0 Å². The molecule has 15 heavy (non-hydrogen) atoms. The van der Waals surface area contributed by atoms with E-state index in [4.69, 9.17) is 4.74 Å². The van der Waals surface area contributed by atoms with Gasteiger partial charge in [0.2, 0.25) is 0 Å². The maximum absolute atomic E-state index is 6.39. The quantitative estimate of drug-likeness (QED) is 0.627. The molecule has 0 saturated carbocycles. The molecular formula is C14H24O. The Morgan fingerprint density at radius 3 is 2.40 bits per heavy atom. The van der Waals surface area contributed by atoms with Gasteiger partial charge < -0.3 is 4.74 Å². The molecule has 2 unspecified atom stereocenters. The lowest BCUT2D eigenvalue weighted by Gasteiger charge is -2.37. The first-order chi connectivity index (χ1) is 7.06. The monoisotopic (exact) mass is 208 g/mol. The van der Waals surface area contributed by atoms with E-state index in [1.54, 1.807) is 0 Å². The van der Waals surface area contributed by atoms with Gasteiger partial charge in [-0.05, 0) is 37.0 Å². The summed E-state index contributed by atoms with van der Waals surface area (Å²) in [5.74, 6) is 2.02. The summed E-state index contributed by atoms with van der Waals surface area (Å²) in [6.07, 6.45) is 8.82. The third-order valence-corrected chi connectivity index (χ3v) is 4.39. The molecule has 1 heterocycles. The van der Waals surface area contributed by atoms with Gasteiger partial charge in [0.05, 0.1) is 11.7 Å². The van der Waals surface area contributed by atoms with Crippen molar-refractivity contribution in [3.63, 3.8) is 0 Å². The maximum atomic E-state index is 6.39. The molecule has 1 saturated heterocycles. The third-order valence-electron chi connectivity index (χ3n) is 4.39. The maximum Gasteiger partial charge on any atom is 0.0792 e. The number of ether oxygens (including phenoxy) is 1. The Kier molecular flexibility index (Phi) is 2.94. The van der Waals surface area contributed by atoms with Crippen molar-refractivity contribution in [3.8, 4) is 0 Å². The van der Waals surface area contributed by atoms with E-state index in [0.717, 1.165) is 5.92 Å². The zero-order valence-electron chi connectivity index (χ0n) is 10.5. The lowest BCUT2D eigenvalue weighted by molar-refractivity contribution is -0.0898. The summed E-state index contributed by atoms with van der Waals surface area (Å²) in [4.78, 5) is 0. The lowest BCUT2D eigenvalue weighted by Crippen LogP contribution is -2.40. The lowest BCUT2D eigenvalue weighted by atomic mass is 9.75. The van der Waals surface area contributed by atoms with Crippen LogP contribution in [0.25, 0.3) is 0 Å². The van der Waals surface area contributed by atoms with Gasteiger partial charge in [-0.1, -0.05) is 39.8 Å². The van der Waals surface area contributed by atoms with Gasteiger partial charge in [0.15, 0.2) is 0 Å². The van der Waals surface area contributed by atoms with Crippen molar-refractivity contribution in [2.24, 2.45) is 17.8 Å². The van der Waals surface area contributed by atoms with Gasteiger partial charge >= 0.3 is 0 Å². The average Bonchev–Trinajstić information content (AvgIpc) is 2.57. The van der Waals surface area contributed by atoms with Crippen LogP contribution < -0.4 is 0 Å². The summed E-state index contributed by atoms with van der Waals surface area (Å²) < 4.78 is 6.39. The Morgan fingerprint density at radius 1 is 1.20 bits per heavy atom. The Labute approximate surface area is 93.9 Å². The van der Waals surface area contributed by atoms with Crippen molar-refractivity contribution in [2.75, 3.05) is 0 Å². The molecule has 0 bridgehead atoms. The molecule has 1 aliphatic carbocycles. The van der Waals surface area contributed by atoms with Gasteiger partial charge in [-0.2, -0.15) is 0 Å². The highest BCUT2D eigenvalue weighted by molar-refractivity contribution is 5.08. The van der Waals surface area contributed by atoms with Crippen LogP contribution in [0.5, 0.6) is 0 Å². The summed E-state index contributed by atoms with van der Waals surface area (Å²) in [5, 5.41) is 0. The van der Waals surface area contributed by atoms with E-state index in [1.165, 1.54) is 19.3 Å². The predicted octanol–water partition coefficient (Wildman–Crippen LogP) is 3.79. The van der Waals surface area contributed by atoms with Crippen LogP contribution in [-0.2, 0) is 4.74 Å². The van der Waals surface area contributed by atoms with E-state index >= 15 is 0 Å². The Morgan fingerprint density at radius 2 is 1.87 bits per heavy atom. The Bertz CT molecular complexity index is 244. The first-order valence-electron chi connectivity index (χ1n) is 6.40. The van der Waals surface area contributed by atoms with Gasteiger partial charge in [0, 0.05) is 0 Å². The van der Waals surface area contributed by atoms with Crippen molar-refractivity contribution < 1.29 is 4.74 Å². The standard InChI is InChI=1S/C14H24O/c1-10(2)14(11(3)4)9-12-7-5-6-8-13(12)15-14/h6,8,10-13H,5,7,9H2,1-4H3. The van der Waals surface area contributed by atoms with E-state index in [0.29, 0.717) is 17.9 Å². The van der Waals surface area contributed by atoms with Crippen LogP contribution >= 0.6 is 0 Å². The van der Waals surface area contributed by atoms with Crippen LogP contribution in [0.15, 0.2) is 12.2 Å². The van der Waals surface area contributed by atoms with E-state index < -0.39 is 0 Å². The molecular weight excluding hydrogens is 184 g/mol. The molecule has 1 aliphatic heterocycles. The summed E-state index contributed by atoms with van der Waals surface area (Å²) in [6, 6.07) is 0. The Hall–Kier alpha value is -0.300. The van der Waals surface area contributed by atoms with Crippen LogP contribution in [0.1, 0.15) is 47.0 Å². The minimum absolute atomic E-state index is 0.129. The first-order valence-corrected chi connectivity index (χ1v) is 6.40. The van der Waals surface area contributed by atoms with Crippen LogP contribution in [0.4, 0.5) is 0 Å². The van der Waals surface area contributed by atoms with Crippen molar-refractivity contribution >= 4 is 0 Å². The van der Waals surface area contributed by atoms with Gasteiger partial charge in [-0.15, -0.1) is 0 Å². The second-order valence-electron chi connectivity index (χ2n) is 5.82. The molecule has 0 radical (unpaired) electrons. The fraction of sp³-hybridized carbons (Fsp3) is 0.857. The summed E-state index contributed by atoms with van der Waals surface area (Å²) in [6.45, 7) is 9.23. The minimum Gasteiger partial charge on any atom is -0.367 e. The van der Waals surface area contributed by atoms with Crippen molar-refractivity contribution in [2.45, 2.75) is 58.7 Å². The smallest absolute Gasteiger partial charge is 0.0792 e. The molecule has 2 rings (SSSR count). The summed E-state index contributed by atoms with van der Waals surface area (Å²) >= 11 is 0. The third kappa shape index (κ3) is 1.75. The van der Waals surface area contributed by atoms with Crippen LogP contribution in [-0.4, -0.2) is 11.7 Å². The number of fused-ring (bicyclic) bond motifs is 1. The molecule has 2 atom stereocenters. The molecule has 1 nitrogen and oxygen atoms in total. The molecule has 0 N–H and O–H groups in total. The molecule has 0 spiro atoms. The zero-order chi connectivity index (χ0) is 11.1. The second-order valence-corrected chi connectivity index (χ2v) is 5.82. The van der Waals surface area contributed by atoms with Crippen molar-refractivity contribution in [1.82, 2.24) is 0 Å². The molecule has 2 aliphatic rings. The summed E-state index contributed by atoms with van der Waals surface area (Å²) in [7, 11) is 0. The van der Waals surface area contributed by atoms with E-state index in [9.17, 15) is 0 Å². The molecule has 1 heteroatoms.